The van der Waals surface area contributed by atoms with E-state index in [1.807, 2.05) is 0 Å². The number of anilines is 1. The third-order valence-electron chi connectivity index (χ3n) is 4.27. The van der Waals surface area contributed by atoms with Gasteiger partial charge < -0.3 is 5.32 Å². The summed E-state index contributed by atoms with van der Waals surface area (Å²) in [4.78, 5) is 12.8. The normalized spacial score (nSPS) is 12.4. The van der Waals surface area contributed by atoms with Gasteiger partial charge in [-0.2, -0.15) is 13.2 Å². The number of halogens is 4. The van der Waals surface area contributed by atoms with Crippen LogP contribution in [0.4, 0.5) is 23.2 Å². The van der Waals surface area contributed by atoms with Crippen molar-refractivity contribution in [2.75, 3.05) is 5.32 Å². The quantitative estimate of drug-likeness (QED) is 0.549. The maximum absolute atomic E-state index is 13.1. The molecule has 1 atom stereocenters. The van der Waals surface area contributed by atoms with E-state index in [0.717, 1.165) is 12.1 Å². The molecule has 2 N–H and O–H groups in total. The van der Waals surface area contributed by atoms with Crippen molar-refractivity contribution in [1.29, 1.82) is 0 Å². The second-order valence-electron chi connectivity index (χ2n) is 6.42. The van der Waals surface area contributed by atoms with Crippen LogP contribution in [0.2, 0.25) is 0 Å². The lowest BCUT2D eigenvalue weighted by Crippen LogP contribution is -2.32. The molecule has 0 heterocycles. The number of hydrogen-bond donors (Lipinski definition) is 2. The highest BCUT2D eigenvalue weighted by Gasteiger charge is 2.30. The van der Waals surface area contributed by atoms with Gasteiger partial charge in [-0.3, -0.25) is 10.1 Å². The van der Waals surface area contributed by atoms with Crippen molar-refractivity contribution in [3.05, 3.63) is 101 Å². The number of carbonyl (C=O) groups excluding carboxylic acids is 1. The summed E-state index contributed by atoms with van der Waals surface area (Å²) in [5.74, 6) is -0.833. The summed E-state index contributed by atoms with van der Waals surface area (Å²) in [6.07, 6.45) is -4.44. The van der Waals surface area contributed by atoms with Crippen LogP contribution in [0, 0.1) is 5.82 Å². The Kier molecular flexibility index (Phi) is 6.29. The van der Waals surface area contributed by atoms with Gasteiger partial charge in [-0.15, -0.1) is 0 Å². The maximum atomic E-state index is 13.1. The minimum atomic E-state index is -4.44. The third-order valence-corrected chi connectivity index (χ3v) is 4.27. The predicted molar refractivity (Wildman–Crippen MR) is 102 cm³/mol. The number of benzene rings is 3. The molecule has 0 saturated carbocycles. The van der Waals surface area contributed by atoms with Crippen molar-refractivity contribution >= 4 is 11.6 Å². The molecule has 0 fully saturated rings. The first-order chi connectivity index (χ1) is 13.8. The first-order valence-corrected chi connectivity index (χ1v) is 8.84. The van der Waals surface area contributed by atoms with Crippen molar-refractivity contribution in [2.24, 2.45) is 0 Å². The Morgan fingerprint density at radius 2 is 1.59 bits per heavy atom. The Morgan fingerprint density at radius 3 is 2.24 bits per heavy atom. The molecule has 0 aliphatic rings. The minimum Gasteiger partial charge on any atom is -0.324 e. The molecule has 3 aromatic rings. The van der Waals surface area contributed by atoms with Crippen LogP contribution in [0.15, 0.2) is 78.9 Å². The summed E-state index contributed by atoms with van der Waals surface area (Å²) in [7, 11) is 0. The zero-order chi connectivity index (χ0) is 20.9. The van der Waals surface area contributed by atoms with Crippen molar-refractivity contribution in [1.82, 2.24) is 5.32 Å². The number of hydrogen-bond acceptors (Lipinski definition) is 2. The van der Waals surface area contributed by atoms with Crippen molar-refractivity contribution in [2.45, 2.75) is 18.8 Å². The molecule has 3 nitrogen and oxygen atoms in total. The van der Waals surface area contributed by atoms with Gasteiger partial charge in [-0.05, 0) is 41.5 Å². The second kappa shape index (κ2) is 8.87. The zero-order valence-corrected chi connectivity index (χ0v) is 15.2. The Bertz CT molecular complexity index is 957. The molecule has 0 saturated heterocycles. The fourth-order valence-electron chi connectivity index (χ4n) is 2.83. The molecule has 7 heteroatoms. The van der Waals surface area contributed by atoms with Crippen LogP contribution in [0.3, 0.4) is 0 Å². The van der Waals surface area contributed by atoms with Crippen LogP contribution in [0.25, 0.3) is 0 Å². The summed E-state index contributed by atoms with van der Waals surface area (Å²) >= 11 is 0. The van der Waals surface area contributed by atoms with Gasteiger partial charge in [0.25, 0.3) is 0 Å². The number of amides is 1. The van der Waals surface area contributed by atoms with E-state index in [0.29, 0.717) is 16.8 Å². The minimum absolute atomic E-state index is 0.0559. The van der Waals surface area contributed by atoms with Crippen LogP contribution < -0.4 is 10.6 Å². The second-order valence-corrected chi connectivity index (χ2v) is 6.42. The van der Waals surface area contributed by atoms with Crippen LogP contribution in [0.1, 0.15) is 22.7 Å². The third kappa shape index (κ3) is 5.65. The molecule has 3 aromatic carbocycles. The van der Waals surface area contributed by atoms with E-state index in [9.17, 15) is 22.4 Å². The highest BCUT2D eigenvalue weighted by atomic mass is 19.4. The van der Waals surface area contributed by atoms with E-state index in [2.05, 4.69) is 10.6 Å². The van der Waals surface area contributed by atoms with Crippen LogP contribution >= 0.6 is 0 Å². The van der Waals surface area contributed by atoms with Crippen LogP contribution in [-0.2, 0) is 17.5 Å². The smallest absolute Gasteiger partial charge is 0.324 e. The van der Waals surface area contributed by atoms with Crippen LogP contribution in [-0.4, -0.2) is 5.91 Å². The predicted octanol–water partition coefficient (Wildman–Crippen LogP) is 5.31. The maximum Gasteiger partial charge on any atom is 0.416 e. The van der Waals surface area contributed by atoms with Crippen LogP contribution in [0.5, 0.6) is 0 Å². The Labute approximate surface area is 165 Å². The summed E-state index contributed by atoms with van der Waals surface area (Å²) in [5.41, 5.74) is 0.719. The standard InChI is InChI=1S/C22H18F4N2O/c23-18-9-11-19(12-10-18)28-21(29)20(16-6-2-1-3-7-16)27-14-15-5-4-8-17(13-15)22(24,25)26/h1-13,20,27H,14H2,(H,28,29). The van der Waals surface area contributed by atoms with Gasteiger partial charge in [0.15, 0.2) is 0 Å². The number of rotatable bonds is 6. The number of nitrogens with one attached hydrogen (secondary N) is 2. The Hall–Kier alpha value is -3.19. The van der Waals surface area contributed by atoms with Crippen molar-refractivity contribution < 1.29 is 22.4 Å². The monoisotopic (exact) mass is 402 g/mol. The SMILES string of the molecule is O=C(Nc1ccc(F)cc1)C(NCc1cccc(C(F)(F)F)c1)c1ccccc1. The number of carbonyl (C=O) groups is 1. The molecule has 0 aliphatic carbocycles. The Morgan fingerprint density at radius 1 is 0.897 bits per heavy atom. The van der Waals surface area contributed by atoms with E-state index in [1.54, 1.807) is 36.4 Å². The lowest BCUT2D eigenvalue weighted by atomic mass is 10.0. The fourth-order valence-corrected chi connectivity index (χ4v) is 2.83. The summed E-state index contributed by atoms with van der Waals surface area (Å²) < 4.78 is 51.8. The molecule has 0 bridgehead atoms. The lowest BCUT2D eigenvalue weighted by Gasteiger charge is -2.19. The highest BCUT2D eigenvalue weighted by molar-refractivity contribution is 5.95. The molecule has 0 radical (unpaired) electrons. The van der Waals surface area contributed by atoms with Gasteiger partial charge in [-0.1, -0.05) is 48.5 Å². The van der Waals surface area contributed by atoms with Crippen molar-refractivity contribution in [3.63, 3.8) is 0 Å². The lowest BCUT2D eigenvalue weighted by molar-refractivity contribution is -0.137. The van der Waals surface area contributed by atoms with Gasteiger partial charge >= 0.3 is 6.18 Å². The molecule has 1 unspecified atom stereocenters. The van der Waals surface area contributed by atoms with E-state index in [1.165, 1.54) is 30.3 Å². The average molecular weight is 402 g/mol. The molecule has 0 aromatic heterocycles. The molecular weight excluding hydrogens is 384 g/mol. The molecule has 150 valence electrons. The van der Waals surface area contributed by atoms with Gasteiger partial charge in [0, 0.05) is 12.2 Å². The van der Waals surface area contributed by atoms with Gasteiger partial charge in [0.05, 0.1) is 5.56 Å². The van der Waals surface area contributed by atoms with Gasteiger partial charge in [0.2, 0.25) is 5.91 Å². The molecule has 3 rings (SSSR count). The topological polar surface area (TPSA) is 41.1 Å². The summed E-state index contributed by atoms with van der Waals surface area (Å²) in [5, 5.41) is 5.70. The highest BCUT2D eigenvalue weighted by Crippen LogP contribution is 2.29. The number of alkyl halides is 3. The summed E-state index contributed by atoms with van der Waals surface area (Å²) in [6, 6.07) is 18.3. The van der Waals surface area contributed by atoms with E-state index < -0.39 is 29.5 Å². The van der Waals surface area contributed by atoms with E-state index in [4.69, 9.17) is 0 Å². The van der Waals surface area contributed by atoms with E-state index >= 15 is 0 Å². The average Bonchev–Trinajstić information content (AvgIpc) is 2.70. The zero-order valence-electron chi connectivity index (χ0n) is 15.2. The molecular formula is C22H18F4N2O. The molecule has 0 spiro atoms. The van der Waals surface area contributed by atoms with Gasteiger partial charge in [-0.25, -0.2) is 4.39 Å². The molecule has 0 aliphatic heterocycles. The largest absolute Gasteiger partial charge is 0.416 e. The fraction of sp³-hybridized carbons (Fsp3) is 0.136. The first-order valence-electron chi connectivity index (χ1n) is 8.84. The van der Waals surface area contributed by atoms with Gasteiger partial charge in [0.1, 0.15) is 11.9 Å². The molecule has 1 amide bonds. The Balaban J connectivity index is 1.78. The first kappa shape index (κ1) is 20.5. The molecule has 29 heavy (non-hydrogen) atoms. The van der Waals surface area contributed by atoms with Crippen molar-refractivity contribution in [3.8, 4) is 0 Å². The summed E-state index contributed by atoms with van der Waals surface area (Å²) in [6.45, 7) is 0.0559. The van der Waals surface area contributed by atoms with E-state index in [-0.39, 0.29) is 6.54 Å².